The summed E-state index contributed by atoms with van der Waals surface area (Å²) < 4.78 is 22.6. The van der Waals surface area contributed by atoms with Crippen LogP contribution in [0.4, 0.5) is 4.39 Å². The smallest absolute Gasteiger partial charge is 0.307 e. The molecule has 0 saturated heterocycles. The molecule has 0 atom stereocenters. The van der Waals surface area contributed by atoms with Gasteiger partial charge in [0.05, 0.1) is 20.1 Å². The van der Waals surface area contributed by atoms with Crippen LogP contribution in [0.3, 0.4) is 0 Å². The number of amides is 1. The van der Waals surface area contributed by atoms with E-state index < -0.39 is 11.8 Å². The topological polar surface area (TPSA) is 55.8 Å². The molecule has 1 aromatic carbocycles. The molecule has 0 radical (unpaired) electrons. The number of esters is 1. The first-order valence-electron chi connectivity index (χ1n) is 6.19. The van der Waals surface area contributed by atoms with Crippen LogP contribution >= 0.6 is 0 Å². The highest BCUT2D eigenvalue weighted by Gasteiger charge is 2.17. The molecule has 6 heteroatoms. The van der Waals surface area contributed by atoms with Crippen molar-refractivity contribution in [2.45, 2.75) is 6.42 Å². The Labute approximate surface area is 117 Å². The van der Waals surface area contributed by atoms with Crippen LogP contribution in [-0.2, 0) is 14.3 Å². The number of hydrogen-bond acceptors (Lipinski definition) is 4. The number of nitrogens with zero attached hydrogens (tertiary/aromatic N) is 1. The largest absolute Gasteiger partial charge is 0.469 e. The van der Waals surface area contributed by atoms with Crippen LogP contribution in [0, 0.1) is 5.82 Å². The molecular formula is C14H18FNO4. The maximum absolute atomic E-state index is 13.1. The lowest BCUT2D eigenvalue weighted by Crippen LogP contribution is -2.35. The van der Waals surface area contributed by atoms with E-state index >= 15 is 0 Å². The van der Waals surface area contributed by atoms with Crippen LogP contribution in [0.25, 0.3) is 0 Å². The zero-order valence-electron chi connectivity index (χ0n) is 11.6. The fourth-order valence-corrected chi connectivity index (χ4v) is 1.65. The number of halogens is 1. The SMILES string of the molecule is COCCN(CCC(=O)OC)C(=O)c1cccc(F)c1. The van der Waals surface area contributed by atoms with E-state index in [1.165, 1.54) is 43.4 Å². The number of ether oxygens (including phenoxy) is 2. The number of carbonyl (C=O) groups excluding carboxylic acids is 2. The second-order valence-electron chi connectivity index (χ2n) is 4.12. The molecular weight excluding hydrogens is 265 g/mol. The van der Waals surface area contributed by atoms with Crippen LogP contribution in [0.2, 0.25) is 0 Å². The summed E-state index contributed by atoms with van der Waals surface area (Å²) in [4.78, 5) is 24.8. The normalized spacial score (nSPS) is 10.2. The molecule has 0 aliphatic heterocycles. The molecule has 0 fully saturated rings. The van der Waals surface area contributed by atoms with Crippen LogP contribution in [-0.4, -0.2) is 50.7 Å². The Morgan fingerprint density at radius 1 is 1.25 bits per heavy atom. The van der Waals surface area contributed by atoms with Gasteiger partial charge in [-0.15, -0.1) is 0 Å². The van der Waals surface area contributed by atoms with Gasteiger partial charge in [-0.2, -0.15) is 0 Å². The Morgan fingerprint density at radius 2 is 2.00 bits per heavy atom. The summed E-state index contributed by atoms with van der Waals surface area (Å²) in [5.74, 6) is -1.22. The molecule has 0 heterocycles. The maximum atomic E-state index is 13.1. The molecule has 5 nitrogen and oxygen atoms in total. The van der Waals surface area contributed by atoms with Gasteiger partial charge in [-0.3, -0.25) is 9.59 Å². The van der Waals surface area contributed by atoms with Gasteiger partial charge in [-0.1, -0.05) is 6.07 Å². The first-order valence-corrected chi connectivity index (χ1v) is 6.19. The molecule has 20 heavy (non-hydrogen) atoms. The van der Waals surface area contributed by atoms with Crippen LogP contribution in [0.15, 0.2) is 24.3 Å². The summed E-state index contributed by atoms with van der Waals surface area (Å²) in [5, 5.41) is 0. The highest BCUT2D eigenvalue weighted by Crippen LogP contribution is 2.08. The van der Waals surface area contributed by atoms with Gasteiger partial charge in [0.25, 0.3) is 5.91 Å². The van der Waals surface area contributed by atoms with Crippen molar-refractivity contribution < 1.29 is 23.5 Å². The lowest BCUT2D eigenvalue weighted by molar-refractivity contribution is -0.140. The van der Waals surface area contributed by atoms with Gasteiger partial charge < -0.3 is 14.4 Å². The van der Waals surface area contributed by atoms with Crippen molar-refractivity contribution in [2.75, 3.05) is 33.9 Å². The minimum absolute atomic E-state index is 0.0846. The summed E-state index contributed by atoms with van der Waals surface area (Å²) >= 11 is 0. The van der Waals surface area contributed by atoms with E-state index in [0.717, 1.165) is 0 Å². The number of rotatable bonds is 7. The quantitative estimate of drug-likeness (QED) is 0.711. The highest BCUT2D eigenvalue weighted by atomic mass is 19.1. The first kappa shape index (κ1) is 16.1. The summed E-state index contributed by atoms with van der Waals surface area (Å²) in [6.07, 6.45) is 0.0846. The van der Waals surface area contributed by atoms with Crippen molar-refractivity contribution in [1.29, 1.82) is 0 Å². The minimum atomic E-state index is -0.476. The lowest BCUT2D eigenvalue weighted by Gasteiger charge is -2.22. The van der Waals surface area contributed by atoms with Gasteiger partial charge in [0.15, 0.2) is 0 Å². The maximum Gasteiger partial charge on any atom is 0.307 e. The summed E-state index contributed by atoms with van der Waals surface area (Å²) in [7, 11) is 2.81. The number of hydrogen-bond donors (Lipinski definition) is 0. The Bertz CT molecular complexity index is 464. The van der Waals surface area contributed by atoms with Gasteiger partial charge in [0, 0.05) is 25.8 Å². The second-order valence-corrected chi connectivity index (χ2v) is 4.12. The van der Waals surface area contributed by atoms with E-state index in [4.69, 9.17) is 4.74 Å². The number of carbonyl (C=O) groups is 2. The van der Waals surface area contributed by atoms with Crippen molar-refractivity contribution >= 4 is 11.9 Å². The Kier molecular flexibility index (Phi) is 6.66. The van der Waals surface area contributed by atoms with Gasteiger partial charge in [-0.25, -0.2) is 4.39 Å². The van der Waals surface area contributed by atoms with Crippen molar-refractivity contribution in [1.82, 2.24) is 4.90 Å². The summed E-state index contributed by atoms with van der Waals surface area (Å²) in [6.45, 7) is 0.858. The average Bonchev–Trinajstić information content (AvgIpc) is 2.46. The van der Waals surface area contributed by atoms with Gasteiger partial charge in [0.1, 0.15) is 5.82 Å². The van der Waals surface area contributed by atoms with E-state index in [9.17, 15) is 14.0 Å². The molecule has 1 aromatic rings. The van der Waals surface area contributed by atoms with Crippen LogP contribution in [0.5, 0.6) is 0 Å². The summed E-state index contributed by atoms with van der Waals surface area (Å²) in [5.41, 5.74) is 0.242. The number of benzene rings is 1. The fraction of sp³-hybridized carbons (Fsp3) is 0.429. The zero-order chi connectivity index (χ0) is 15.0. The van der Waals surface area contributed by atoms with Gasteiger partial charge >= 0.3 is 5.97 Å². The standard InChI is InChI=1S/C14H18FNO4/c1-19-9-8-16(7-6-13(17)20-2)14(18)11-4-3-5-12(15)10-11/h3-5,10H,6-9H2,1-2H3. The van der Waals surface area contributed by atoms with E-state index in [2.05, 4.69) is 4.74 Å². The molecule has 0 aliphatic carbocycles. The van der Waals surface area contributed by atoms with Crippen molar-refractivity contribution in [3.63, 3.8) is 0 Å². The Balaban J connectivity index is 2.75. The van der Waals surface area contributed by atoms with E-state index in [1.807, 2.05) is 0 Å². The van der Waals surface area contributed by atoms with Crippen molar-refractivity contribution in [3.8, 4) is 0 Å². The first-order chi connectivity index (χ1) is 9.58. The molecule has 110 valence electrons. The fourth-order valence-electron chi connectivity index (χ4n) is 1.65. The van der Waals surface area contributed by atoms with Gasteiger partial charge in [-0.05, 0) is 18.2 Å². The molecule has 0 unspecified atom stereocenters. The molecule has 0 N–H and O–H groups in total. The van der Waals surface area contributed by atoms with E-state index in [0.29, 0.717) is 13.2 Å². The predicted molar refractivity (Wildman–Crippen MR) is 70.8 cm³/mol. The highest BCUT2D eigenvalue weighted by molar-refractivity contribution is 5.94. The molecule has 0 aromatic heterocycles. The lowest BCUT2D eigenvalue weighted by atomic mass is 10.2. The summed E-state index contributed by atoms with van der Waals surface area (Å²) in [6, 6.07) is 5.44. The van der Waals surface area contributed by atoms with Crippen molar-refractivity contribution in [3.05, 3.63) is 35.6 Å². The second kappa shape index (κ2) is 8.27. The molecule has 0 aliphatic rings. The predicted octanol–water partition coefficient (Wildman–Crippen LogP) is 1.48. The third kappa shape index (κ3) is 4.97. The van der Waals surface area contributed by atoms with E-state index in [-0.39, 0.29) is 24.4 Å². The monoisotopic (exact) mass is 283 g/mol. The molecule has 1 rings (SSSR count). The van der Waals surface area contributed by atoms with Crippen LogP contribution < -0.4 is 0 Å². The molecule has 0 saturated carbocycles. The third-order valence-electron chi connectivity index (χ3n) is 2.74. The third-order valence-corrected chi connectivity index (χ3v) is 2.74. The number of methoxy groups -OCH3 is 2. The Morgan fingerprint density at radius 3 is 2.60 bits per heavy atom. The molecule has 0 bridgehead atoms. The minimum Gasteiger partial charge on any atom is -0.469 e. The Hall–Kier alpha value is -1.95. The van der Waals surface area contributed by atoms with Crippen LogP contribution in [0.1, 0.15) is 16.8 Å². The molecule has 1 amide bonds. The van der Waals surface area contributed by atoms with Crippen molar-refractivity contribution in [2.24, 2.45) is 0 Å². The average molecular weight is 283 g/mol. The van der Waals surface area contributed by atoms with E-state index in [1.54, 1.807) is 0 Å². The zero-order valence-corrected chi connectivity index (χ0v) is 11.6. The van der Waals surface area contributed by atoms with Gasteiger partial charge in [0.2, 0.25) is 0 Å². The molecule has 0 spiro atoms.